The Morgan fingerprint density at radius 1 is 0.857 bits per heavy atom. The number of rotatable bonds is 4. The van der Waals surface area contributed by atoms with Crippen LogP contribution in [0.3, 0.4) is 0 Å². The number of hydrogen-bond donors (Lipinski definition) is 1. The summed E-state index contributed by atoms with van der Waals surface area (Å²) < 4.78 is 0. The number of carbonyl (C=O) groups is 1. The van der Waals surface area contributed by atoms with Gasteiger partial charge in [-0.15, -0.1) is 0 Å². The van der Waals surface area contributed by atoms with Gasteiger partial charge in [0.2, 0.25) is 5.91 Å². The average molecular weight is 407 g/mol. The third-order valence-corrected chi connectivity index (χ3v) is 8.73. The minimum Gasteiger partial charge on any atom is -0.322 e. The van der Waals surface area contributed by atoms with Gasteiger partial charge in [-0.3, -0.25) is 4.79 Å². The Labute approximate surface area is 174 Å². The smallest absolute Gasteiger partial charge is 0.221 e. The Kier molecular flexibility index (Phi) is 5.51. The highest BCUT2D eigenvalue weighted by Gasteiger charge is 2.40. The second kappa shape index (κ2) is 8.06. The summed E-state index contributed by atoms with van der Waals surface area (Å²) in [4.78, 5) is 18.5. The summed E-state index contributed by atoms with van der Waals surface area (Å²) in [7, 11) is -0.244. The molecule has 4 heteroatoms. The Hall–Kier alpha value is -2.17. The Morgan fingerprint density at radius 2 is 1.39 bits per heavy atom. The van der Waals surface area contributed by atoms with Crippen LogP contribution >= 0.6 is 11.8 Å². The van der Waals surface area contributed by atoms with Gasteiger partial charge in [0, 0.05) is 6.92 Å². The number of nitrogens with one attached hydrogen (secondary N) is 1. The van der Waals surface area contributed by atoms with Gasteiger partial charge in [-0.2, -0.15) is 0 Å². The number of fused-ring (bicyclic) bond motifs is 2. The fourth-order valence-corrected chi connectivity index (χ4v) is 7.55. The lowest BCUT2D eigenvalue weighted by Crippen LogP contribution is -2.16. The first-order valence-corrected chi connectivity index (χ1v) is 11.7. The van der Waals surface area contributed by atoms with Crippen LogP contribution in [-0.4, -0.2) is 5.91 Å². The quantitative estimate of drug-likeness (QED) is 0.401. The molecule has 0 saturated heterocycles. The van der Waals surface area contributed by atoms with E-state index in [-0.39, 0.29) is 16.8 Å². The molecule has 0 radical (unpaired) electrons. The molecule has 0 aliphatic carbocycles. The lowest BCUT2D eigenvalue weighted by molar-refractivity contribution is -0.114. The van der Waals surface area contributed by atoms with Crippen molar-refractivity contribution in [3.63, 3.8) is 0 Å². The summed E-state index contributed by atoms with van der Waals surface area (Å²) in [5, 5.41) is 3.12. The molecule has 1 heterocycles. The van der Waals surface area contributed by atoms with Gasteiger partial charge in [0.25, 0.3) is 0 Å². The molecule has 3 aromatic carbocycles. The SMILES string of the molecule is CCc1cc(NC(C)=O)c([S+]2c3ccccc3Sc3ccccc32)cc1CC. The zero-order chi connectivity index (χ0) is 19.7. The van der Waals surface area contributed by atoms with E-state index in [9.17, 15) is 4.79 Å². The van der Waals surface area contributed by atoms with Crippen molar-refractivity contribution in [2.75, 3.05) is 5.32 Å². The monoisotopic (exact) mass is 406 g/mol. The molecule has 142 valence electrons. The maximum atomic E-state index is 12.0. The first-order valence-electron chi connectivity index (χ1n) is 9.66. The van der Waals surface area contributed by atoms with Crippen molar-refractivity contribution in [3.05, 3.63) is 71.8 Å². The summed E-state index contributed by atoms with van der Waals surface area (Å²) in [5.74, 6) is -0.0240. The van der Waals surface area contributed by atoms with Gasteiger partial charge in [0.15, 0.2) is 14.7 Å². The number of benzene rings is 3. The van der Waals surface area contributed by atoms with Gasteiger partial charge < -0.3 is 5.32 Å². The molecule has 1 aliphatic heterocycles. The standard InChI is InChI=1S/C24H23NOS2/c1-4-17-14-19(25-16(3)26)24(15-18(17)5-2)28-22-12-8-6-10-20(22)27-21-11-7-9-13-23(21)28/h6-15H,4-5H2,1-3H3/p+1. The van der Waals surface area contributed by atoms with E-state index >= 15 is 0 Å². The van der Waals surface area contributed by atoms with Crippen LogP contribution in [-0.2, 0) is 28.5 Å². The molecule has 0 fully saturated rings. The van der Waals surface area contributed by atoms with Crippen molar-refractivity contribution in [2.24, 2.45) is 0 Å². The van der Waals surface area contributed by atoms with Crippen LogP contribution in [0.5, 0.6) is 0 Å². The van der Waals surface area contributed by atoms with Gasteiger partial charge in [0.05, 0.1) is 15.5 Å². The first-order chi connectivity index (χ1) is 13.6. The van der Waals surface area contributed by atoms with E-state index in [0.29, 0.717) is 0 Å². The number of anilines is 1. The van der Waals surface area contributed by atoms with Gasteiger partial charge >= 0.3 is 0 Å². The van der Waals surface area contributed by atoms with Crippen molar-refractivity contribution >= 4 is 34.3 Å². The van der Waals surface area contributed by atoms with Crippen molar-refractivity contribution in [1.29, 1.82) is 0 Å². The van der Waals surface area contributed by atoms with Crippen LogP contribution in [0.4, 0.5) is 5.69 Å². The average Bonchev–Trinajstić information content (AvgIpc) is 2.71. The predicted molar refractivity (Wildman–Crippen MR) is 119 cm³/mol. The highest BCUT2D eigenvalue weighted by atomic mass is 32.2. The van der Waals surface area contributed by atoms with E-state index in [1.165, 1.54) is 35.6 Å². The fourth-order valence-electron chi connectivity index (χ4n) is 3.66. The second-order valence-corrected chi connectivity index (χ2v) is 9.82. The third kappa shape index (κ3) is 3.47. The van der Waals surface area contributed by atoms with Crippen LogP contribution in [0.2, 0.25) is 0 Å². The van der Waals surface area contributed by atoms with Gasteiger partial charge in [-0.05, 0) is 60.4 Å². The topological polar surface area (TPSA) is 29.1 Å². The zero-order valence-corrected chi connectivity index (χ0v) is 18.0. The summed E-state index contributed by atoms with van der Waals surface area (Å²) in [6.07, 6.45) is 1.96. The molecule has 0 bridgehead atoms. The molecule has 3 aromatic rings. The molecule has 1 amide bonds. The highest BCUT2D eigenvalue weighted by molar-refractivity contribution is 8.04. The van der Waals surface area contributed by atoms with Gasteiger partial charge in [-0.25, -0.2) is 0 Å². The lowest BCUT2D eigenvalue weighted by atomic mass is 10.0. The molecule has 1 N–H and O–H groups in total. The highest BCUT2D eigenvalue weighted by Crippen LogP contribution is 2.49. The molecule has 0 saturated carbocycles. The molecule has 28 heavy (non-hydrogen) atoms. The fraction of sp³-hybridized carbons (Fsp3) is 0.208. The number of hydrogen-bond acceptors (Lipinski definition) is 2. The summed E-state index contributed by atoms with van der Waals surface area (Å²) in [6, 6.07) is 21.8. The number of aryl methyl sites for hydroxylation is 2. The van der Waals surface area contributed by atoms with E-state index in [4.69, 9.17) is 0 Å². The van der Waals surface area contributed by atoms with Crippen molar-refractivity contribution < 1.29 is 4.79 Å². The number of amides is 1. The second-order valence-electron chi connectivity index (χ2n) is 6.81. The molecular weight excluding hydrogens is 382 g/mol. The largest absolute Gasteiger partial charge is 0.322 e. The molecule has 0 atom stereocenters. The van der Waals surface area contributed by atoms with E-state index in [1.807, 2.05) is 11.8 Å². The summed E-state index contributed by atoms with van der Waals surface area (Å²) >= 11 is 1.84. The van der Waals surface area contributed by atoms with Crippen LogP contribution < -0.4 is 5.32 Å². The summed E-state index contributed by atoms with van der Waals surface area (Å²) in [5.41, 5.74) is 3.63. The predicted octanol–water partition coefficient (Wildman–Crippen LogP) is 6.33. The molecule has 0 aromatic heterocycles. The number of carbonyl (C=O) groups excluding carboxylic acids is 1. The maximum absolute atomic E-state index is 12.0. The molecule has 2 nitrogen and oxygen atoms in total. The van der Waals surface area contributed by atoms with E-state index in [2.05, 4.69) is 79.8 Å². The third-order valence-electron chi connectivity index (χ3n) is 4.95. The lowest BCUT2D eigenvalue weighted by Gasteiger charge is -2.21. The van der Waals surface area contributed by atoms with E-state index < -0.39 is 0 Å². The minimum absolute atomic E-state index is 0.0240. The van der Waals surface area contributed by atoms with Crippen molar-refractivity contribution in [1.82, 2.24) is 0 Å². The van der Waals surface area contributed by atoms with Gasteiger partial charge in [-0.1, -0.05) is 49.9 Å². The Morgan fingerprint density at radius 3 is 1.93 bits per heavy atom. The van der Waals surface area contributed by atoms with Crippen LogP contribution in [0, 0.1) is 0 Å². The first kappa shape index (κ1) is 19.2. The molecule has 0 spiro atoms. The normalized spacial score (nSPS) is 13.0. The minimum atomic E-state index is -0.244. The molecule has 0 unspecified atom stereocenters. The molecular formula is C24H24NOS2+. The molecule has 4 rings (SSSR count). The maximum Gasteiger partial charge on any atom is 0.221 e. The van der Waals surface area contributed by atoms with Crippen LogP contribution in [0.1, 0.15) is 31.9 Å². The Bertz CT molecular complexity index is 999. The van der Waals surface area contributed by atoms with Crippen LogP contribution in [0.25, 0.3) is 0 Å². The van der Waals surface area contributed by atoms with Gasteiger partial charge in [0.1, 0.15) is 10.9 Å². The molecule has 1 aliphatic rings. The van der Waals surface area contributed by atoms with Crippen molar-refractivity contribution in [3.8, 4) is 0 Å². The van der Waals surface area contributed by atoms with Crippen LogP contribution in [0.15, 0.2) is 85.1 Å². The van der Waals surface area contributed by atoms with Crippen molar-refractivity contribution in [2.45, 2.75) is 58.1 Å². The van der Waals surface area contributed by atoms with E-state index in [1.54, 1.807) is 6.92 Å². The summed E-state index contributed by atoms with van der Waals surface area (Å²) in [6.45, 7) is 5.97. The van der Waals surface area contributed by atoms with E-state index in [0.717, 1.165) is 18.5 Å². The zero-order valence-electron chi connectivity index (χ0n) is 16.4. The Balaban J connectivity index is 1.99.